The fourth-order valence-electron chi connectivity index (χ4n) is 2.48. The SMILES string of the molecule is Cn1cc(C(F)(F)F)nc1-c1ccc(Cc2ncc([N+](=O)[O-])c(N)n2)cc1. The van der Waals surface area contributed by atoms with Gasteiger partial charge in [-0.15, -0.1) is 0 Å². The van der Waals surface area contributed by atoms with Crippen LogP contribution in [0.5, 0.6) is 0 Å². The van der Waals surface area contributed by atoms with E-state index in [1.54, 1.807) is 24.3 Å². The predicted octanol–water partition coefficient (Wildman–Crippen LogP) is 2.98. The summed E-state index contributed by atoms with van der Waals surface area (Å²) in [5.41, 5.74) is 5.48. The molecule has 0 saturated heterocycles. The maximum Gasteiger partial charge on any atom is 0.434 e. The number of anilines is 1. The standard InChI is InChI=1S/C16H13F3N6O2/c1-24-8-12(16(17,18)19)22-15(24)10-4-2-9(3-5-10)6-13-21-7-11(25(26)27)14(20)23-13/h2-5,7-8H,6H2,1H3,(H2,20,21,23). The van der Waals surface area contributed by atoms with E-state index in [4.69, 9.17) is 5.73 Å². The molecule has 11 heteroatoms. The highest BCUT2D eigenvalue weighted by Crippen LogP contribution is 2.30. The van der Waals surface area contributed by atoms with E-state index in [2.05, 4.69) is 15.0 Å². The number of nitro groups is 1. The maximum absolute atomic E-state index is 12.8. The molecule has 8 nitrogen and oxygen atoms in total. The lowest BCUT2D eigenvalue weighted by molar-refractivity contribution is -0.384. The van der Waals surface area contributed by atoms with Gasteiger partial charge in [0.05, 0.1) is 4.92 Å². The van der Waals surface area contributed by atoms with Gasteiger partial charge in [0.1, 0.15) is 17.8 Å². The molecule has 0 aliphatic rings. The summed E-state index contributed by atoms with van der Waals surface area (Å²) in [5, 5.41) is 10.7. The second kappa shape index (κ2) is 6.67. The first-order valence-electron chi connectivity index (χ1n) is 7.61. The minimum absolute atomic E-state index is 0.185. The van der Waals surface area contributed by atoms with Crippen LogP contribution in [0.1, 0.15) is 17.1 Å². The third-order valence-electron chi connectivity index (χ3n) is 3.79. The van der Waals surface area contributed by atoms with Crippen molar-refractivity contribution < 1.29 is 18.1 Å². The Bertz CT molecular complexity index is 998. The number of imidazole rings is 1. The lowest BCUT2D eigenvalue weighted by Gasteiger charge is -2.05. The molecule has 3 rings (SSSR count). The largest absolute Gasteiger partial charge is 0.434 e. The Kier molecular flexibility index (Phi) is 4.52. The molecule has 2 aromatic heterocycles. The summed E-state index contributed by atoms with van der Waals surface area (Å²) >= 11 is 0. The molecule has 1 aromatic carbocycles. The number of aryl methyl sites for hydroxylation is 1. The molecule has 27 heavy (non-hydrogen) atoms. The molecule has 0 radical (unpaired) electrons. The Morgan fingerprint density at radius 3 is 2.41 bits per heavy atom. The second-order valence-electron chi connectivity index (χ2n) is 5.75. The molecule has 0 atom stereocenters. The van der Waals surface area contributed by atoms with Gasteiger partial charge in [0, 0.05) is 25.2 Å². The number of nitrogens with two attached hydrogens (primary N) is 1. The van der Waals surface area contributed by atoms with Gasteiger partial charge in [0.25, 0.3) is 0 Å². The van der Waals surface area contributed by atoms with E-state index < -0.39 is 16.8 Å². The number of benzene rings is 1. The summed E-state index contributed by atoms with van der Waals surface area (Å²) in [7, 11) is 1.49. The van der Waals surface area contributed by atoms with Crippen LogP contribution < -0.4 is 5.73 Å². The molecule has 2 N–H and O–H groups in total. The third kappa shape index (κ3) is 3.86. The van der Waals surface area contributed by atoms with Gasteiger partial charge in [-0.05, 0) is 5.56 Å². The Hall–Kier alpha value is -3.50. The van der Waals surface area contributed by atoms with Crippen molar-refractivity contribution >= 4 is 11.5 Å². The van der Waals surface area contributed by atoms with E-state index in [-0.39, 0.29) is 23.8 Å². The van der Waals surface area contributed by atoms with E-state index >= 15 is 0 Å². The molecule has 0 amide bonds. The van der Waals surface area contributed by atoms with Crippen LogP contribution in [-0.2, 0) is 19.6 Å². The van der Waals surface area contributed by atoms with E-state index in [1.165, 1.54) is 11.6 Å². The summed E-state index contributed by atoms with van der Waals surface area (Å²) < 4.78 is 39.6. The van der Waals surface area contributed by atoms with Gasteiger partial charge >= 0.3 is 11.9 Å². The van der Waals surface area contributed by atoms with Gasteiger partial charge in [0.2, 0.25) is 5.82 Å². The number of alkyl halides is 3. The Balaban J connectivity index is 1.81. The van der Waals surface area contributed by atoms with Crippen molar-refractivity contribution in [3.8, 4) is 11.4 Å². The third-order valence-corrected chi connectivity index (χ3v) is 3.79. The minimum Gasteiger partial charge on any atom is -0.378 e. The number of halogens is 3. The fourth-order valence-corrected chi connectivity index (χ4v) is 2.48. The fraction of sp³-hybridized carbons (Fsp3) is 0.188. The molecule has 140 valence electrons. The van der Waals surface area contributed by atoms with Crippen molar-refractivity contribution in [1.82, 2.24) is 19.5 Å². The van der Waals surface area contributed by atoms with Crippen molar-refractivity contribution in [1.29, 1.82) is 0 Å². The summed E-state index contributed by atoms with van der Waals surface area (Å²) in [6, 6.07) is 6.65. The molecule has 2 heterocycles. The summed E-state index contributed by atoms with van der Waals surface area (Å²) in [4.78, 5) is 21.5. The van der Waals surface area contributed by atoms with Crippen LogP contribution >= 0.6 is 0 Å². The van der Waals surface area contributed by atoms with Crippen LogP contribution in [-0.4, -0.2) is 24.4 Å². The van der Waals surface area contributed by atoms with Gasteiger partial charge < -0.3 is 10.3 Å². The number of nitrogens with zero attached hydrogens (tertiary/aromatic N) is 5. The Morgan fingerprint density at radius 2 is 1.89 bits per heavy atom. The molecule has 0 aliphatic heterocycles. The van der Waals surface area contributed by atoms with Crippen LogP contribution in [0, 0.1) is 10.1 Å². The number of aromatic nitrogens is 4. The molecule has 0 unspecified atom stereocenters. The number of nitrogen functional groups attached to an aromatic ring is 1. The normalized spacial score (nSPS) is 11.6. The molecule has 0 aliphatic carbocycles. The Morgan fingerprint density at radius 1 is 1.22 bits per heavy atom. The van der Waals surface area contributed by atoms with Gasteiger partial charge in [-0.2, -0.15) is 13.2 Å². The second-order valence-corrected chi connectivity index (χ2v) is 5.75. The molecule has 0 bridgehead atoms. The van der Waals surface area contributed by atoms with Crippen molar-refractivity contribution in [2.75, 3.05) is 5.73 Å². The number of rotatable bonds is 4. The monoisotopic (exact) mass is 378 g/mol. The average molecular weight is 378 g/mol. The lowest BCUT2D eigenvalue weighted by Crippen LogP contribution is -2.05. The quantitative estimate of drug-likeness (QED) is 0.552. The first-order valence-corrected chi connectivity index (χ1v) is 7.61. The molecular formula is C16H13F3N6O2. The zero-order valence-electron chi connectivity index (χ0n) is 13.9. The summed E-state index contributed by atoms with van der Waals surface area (Å²) in [6.45, 7) is 0. The first-order chi connectivity index (χ1) is 12.6. The average Bonchev–Trinajstić information content (AvgIpc) is 2.97. The highest BCUT2D eigenvalue weighted by atomic mass is 19.4. The van der Waals surface area contributed by atoms with Crippen LogP contribution in [0.25, 0.3) is 11.4 Å². The van der Waals surface area contributed by atoms with Crippen molar-refractivity contribution in [3.05, 3.63) is 63.9 Å². The van der Waals surface area contributed by atoms with Crippen molar-refractivity contribution in [2.45, 2.75) is 12.6 Å². The summed E-state index contributed by atoms with van der Waals surface area (Å²) in [5.74, 6) is 0.251. The lowest BCUT2D eigenvalue weighted by atomic mass is 10.1. The van der Waals surface area contributed by atoms with Crippen LogP contribution in [0.2, 0.25) is 0 Å². The van der Waals surface area contributed by atoms with Crippen LogP contribution in [0.4, 0.5) is 24.7 Å². The maximum atomic E-state index is 12.8. The highest BCUT2D eigenvalue weighted by Gasteiger charge is 2.34. The van der Waals surface area contributed by atoms with E-state index in [1.807, 2.05) is 0 Å². The minimum atomic E-state index is -4.51. The molecule has 0 saturated carbocycles. The zero-order chi connectivity index (χ0) is 19.8. The topological polar surface area (TPSA) is 113 Å². The van der Waals surface area contributed by atoms with Gasteiger partial charge in [-0.1, -0.05) is 24.3 Å². The van der Waals surface area contributed by atoms with Gasteiger partial charge in [-0.25, -0.2) is 15.0 Å². The first kappa shape index (κ1) is 18.3. The van der Waals surface area contributed by atoms with Crippen LogP contribution in [0.3, 0.4) is 0 Å². The molecule has 3 aromatic rings. The zero-order valence-corrected chi connectivity index (χ0v) is 13.9. The van der Waals surface area contributed by atoms with E-state index in [9.17, 15) is 23.3 Å². The molecular weight excluding hydrogens is 365 g/mol. The van der Waals surface area contributed by atoms with E-state index in [0.717, 1.165) is 18.0 Å². The van der Waals surface area contributed by atoms with Gasteiger partial charge in [-0.3, -0.25) is 10.1 Å². The van der Waals surface area contributed by atoms with Gasteiger partial charge in [0.15, 0.2) is 5.69 Å². The smallest absolute Gasteiger partial charge is 0.378 e. The number of hydrogen-bond donors (Lipinski definition) is 1. The number of hydrogen-bond acceptors (Lipinski definition) is 6. The molecule has 0 spiro atoms. The Labute approximate surface area is 150 Å². The van der Waals surface area contributed by atoms with Crippen molar-refractivity contribution in [2.24, 2.45) is 7.05 Å². The molecule has 0 fully saturated rings. The van der Waals surface area contributed by atoms with E-state index in [0.29, 0.717) is 11.4 Å². The highest BCUT2D eigenvalue weighted by molar-refractivity contribution is 5.57. The van der Waals surface area contributed by atoms with Crippen LogP contribution in [0.15, 0.2) is 36.7 Å². The predicted molar refractivity (Wildman–Crippen MR) is 89.6 cm³/mol. The van der Waals surface area contributed by atoms with Crippen molar-refractivity contribution in [3.63, 3.8) is 0 Å². The summed E-state index contributed by atoms with van der Waals surface area (Å²) in [6.07, 6.45) is -2.28.